The second-order valence-electron chi connectivity index (χ2n) is 8.54. The van der Waals surface area contributed by atoms with Crippen LogP contribution in [0.3, 0.4) is 0 Å². The van der Waals surface area contributed by atoms with Crippen LogP contribution in [0.25, 0.3) is 27.7 Å². The molecule has 1 aliphatic rings. The van der Waals surface area contributed by atoms with E-state index in [-0.39, 0.29) is 12.2 Å². The van der Waals surface area contributed by atoms with E-state index >= 15 is 0 Å². The molecular formula is C25H25F3N6. The van der Waals surface area contributed by atoms with Crippen LogP contribution in [-0.4, -0.2) is 39.5 Å². The van der Waals surface area contributed by atoms with Crippen molar-refractivity contribution in [1.29, 1.82) is 0 Å². The fraction of sp³-hybridized carbons (Fsp3) is 0.280. The lowest BCUT2D eigenvalue weighted by atomic mass is 10.0. The van der Waals surface area contributed by atoms with Gasteiger partial charge in [-0.05, 0) is 49.7 Å². The van der Waals surface area contributed by atoms with Gasteiger partial charge in [0.25, 0.3) is 0 Å². The number of nitrogens with one attached hydrogen (secondary N) is 3. The molecule has 176 valence electrons. The molecule has 1 fully saturated rings. The van der Waals surface area contributed by atoms with Gasteiger partial charge >= 0.3 is 0 Å². The Morgan fingerprint density at radius 3 is 2.68 bits per heavy atom. The van der Waals surface area contributed by atoms with Crippen molar-refractivity contribution >= 4 is 22.3 Å². The number of anilines is 1. The van der Waals surface area contributed by atoms with Crippen LogP contribution in [0.15, 0.2) is 55.4 Å². The Kier molecular flexibility index (Phi) is 6.10. The van der Waals surface area contributed by atoms with Crippen molar-refractivity contribution in [3.05, 3.63) is 72.4 Å². The van der Waals surface area contributed by atoms with E-state index in [1.807, 2.05) is 10.9 Å². The standard InChI is InChI=1S/C25H25F3N6/c1-15(31-18-4-2-16(3-5-18)10-24(27)28)25-21-11-20(22(26)12-23(21)32-33-25)17-13-30-34(14-17)19-6-8-29-9-7-19/h2-5,11-14,19,24,29,31H,1,6-10H2,(H,32,33). The molecule has 34 heavy (non-hydrogen) atoms. The first-order chi connectivity index (χ1) is 16.5. The number of H-pyrrole nitrogens is 1. The third kappa shape index (κ3) is 4.56. The number of fused-ring (bicyclic) bond motifs is 1. The summed E-state index contributed by atoms with van der Waals surface area (Å²) in [7, 11) is 0. The highest BCUT2D eigenvalue weighted by atomic mass is 19.3. The van der Waals surface area contributed by atoms with Gasteiger partial charge in [-0.2, -0.15) is 10.2 Å². The number of hydrogen-bond acceptors (Lipinski definition) is 4. The van der Waals surface area contributed by atoms with Gasteiger partial charge in [0.05, 0.1) is 23.5 Å². The molecule has 9 heteroatoms. The fourth-order valence-corrected chi connectivity index (χ4v) is 4.37. The van der Waals surface area contributed by atoms with Crippen LogP contribution in [0.1, 0.15) is 30.1 Å². The highest BCUT2D eigenvalue weighted by Crippen LogP contribution is 2.32. The summed E-state index contributed by atoms with van der Waals surface area (Å²) in [6.45, 7) is 5.97. The second-order valence-corrected chi connectivity index (χ2v) is 8.54. The molecule has 0 aliphatic carbocycles. The van der Waals surface area contributed by atoms with Gasteiger partial charge in [0, 0.05) is 40.9 Å². The number of aromatic nitrogens is 4. The van der Waals surface area contributed by atoms with Crippen LogP contribution in [0.2, 0.25) is 0 Å². The third-order valence-electron chi connectivity index (χ3n) is 6.17. The molecule has 0 bridgehead atoms. The van der Waals surface area contributed by atoms with Gasteiger partial charge in [-0.3, -0.25) is 9.78 Å². The zero-order valence-electron chi connectivity index (χ0n) is 18.5. The molecule has 3 N–H and O–H groups in total. The van der Waals surface area contributed by atoms with E-state index in [0.717, 1.165) is 31.3 Å². The van der Waals surface area contributed by atoms with Gasteiger partial charge in [0.15, 0.2) is 0 Å². The smallest absolute Gasteiger partial charge is 0.242 e. The van der Waals surface area contributed by atoms with E-state index in [0.29, 0.717) is 45.3 Å². The van der Waals surface area contributed by atoms with Crippen molar-refractivity contribution in [2.75, 3.05) is 18.4 Å². The minimum Gasteiger partial charge on any atom is -0.354 e. The second kappa shape index (κ2) is 9.34. The summed E-state index contributed by atoms with van der Waals surface area (Å²) in [5.41, 5.74) is 4.02. The maximum Gasteiger partial charge on any atom is 0.242 e. The molecule has 0 spiro atoms. The van der Waals surface area contributed by atoms with Crippen molar-refractivity contribution in [3.63, 3.8) is 0 Å². The van der Waals surface area contributed by atoms with Gasteiger partial charge in [0.1, 0.15) is 11.5 Å². The van der Waals surface area contributed by atoms with Crippen LogP contribution < -0.4 is 10.6 Å². The predicted molar refractivity (Wildman–Crippen MR) is 127 cm³/mol. The summed E-state index contributed by atoms with van der Waals surface area (Å²) in [5, 5.41) is 18.9. The maximum absolute atomic E-state index is 15.0. The lowest BCUT2D eigenvalue weighted by Crippen LogP contribution is -2.29. The summed E-state index contributed by atoms with van der Waals surface area (Å²) in [5.74, 6) is -0.360. The van der Waals surface area contributed by atoms with Gasteiger partial charge < -0.3 is 10.6 Å². The van der Waals surface area contributed by atoms with Crippen molar-refractivity contribution in [1.82, 2.24) is 25.3 Å². The minimum atomic E-state index is -2.38. The highest BCUT2D eigenvalue weighted by Gasteiger charge is 2.19. The summed E-state index contributed by atoms with van der Waals surface area (Å²) in [4.78, 5) is 0. The number of hydrogen-bond donors (Lipinski definition) is 3. The molecule has 0 radical (unpaired) electrons. The topological polar surface area (TPSA) is 70.6 Å². The Morgan fingerprint density at radius 1 is 1.18 bits per heavy atom. The number of nitrogens with zero attached hydrogens (tertiary/aromatic N) is 3. The zero-order chi connectivity index (χ0) is 23.7. The molecule has 2 aromatic carbocycles. The Balaban J connectivity index is 1.39. The largest absolute Gasteiger partial charge is 0.354 e. The van der Waals surface area contributed by atoms with Crippen molar-refractivity contribution in [2.24, 2.45) is 0 Å². The lowest BCUT2D eigenvalue weighted by molar-refractivity contribution is 0.149. The minimum absolute atomic E-state index is 0.284. The molecule has 3 heterocycles. The van der Waals surface area contributed by atoms with Crippen LogP contribution in [0.4, 0.5) is 18.9 Å². The van der Waals surface area contributed by atoms with Gasteiger partial charge in [0.2, 0.25) is 6.43 Å². The van der Waals surface area contributed by atoms with Crippen LogP contribution in [-0.2, 0) is 6.42 Å². The fourth-order valence-electron chi connectivity index (χ4n) is 4.37. The van der Waals surface area contributed by atoms with Crippen molar-refractivity contribution in [3.8, 4) is 11.1 Å². The van der Waals surface area contributed by atoms with Crippen molar-refractivity contribution in [2.45, 2.75) is 31.7 Å². The summed E-state index contributed by atoms with van der Waals surface area (Å²) < 4.78 is 42.0. The summed E-state index contributed by atoms with van der Waals surface area (Å²) in [6, 6.07) is 10.2. The van der Waals surface area contributed by atoms with E-state index in [1.54, 1.807) is 36.5 Å². The van der Waals surface area contributed by atoms with E-state index in [9.17, 15) is 13.2 Å². The summed E-state index contributed by atoms with van der Waals surface area (Å²) in [6.07, 6.45) is 2.90. The normalized spacial score (nSPS) is 14.7. The Morgan fingerprint density at radius 2 is 1.94 bits per heavy atom. The van der Waals surface area contributed by atoms with E-state index in [1.165, 1.54) is 6.07 Å². The number of piperidine rings is 1. The van der Waals surface area contributed by atoms with E-state index in [2.05, 4.69) is 32.5 Å². The molecule has 0 atom stereocenters. The molecule has 1 aliphatic heterocycles. The van der Waals surface area contributed by atoms with E-state index in [4.69, 9.17) is 0 Å². The number of rotatable bonds is 7. The van der Waals surface area contributed by atoms with E-state index < -0.39 is 6.43 Å². The SMILES string of the molecule is C=C(Nc1ccc(CC(F)F)cc1)c1n[nH]c2cc(F)c(-c3cnn(C4CCNCC4)c3)cc12. The van der Waals surface area contributed by atoms with Crippen molar-refractivity contribution < 1.29 is 13.2 Å². The quantitative estimate of drug-likeness (QED) is 0.342. The van der Waals surface area contributed by atoms with Gasteiger partial charge in [-0.15, -0.1) is 0 Å². The van der Waals surface area contributed by atoms with Gasteiger partial charge in [-0.25, -0.2) is 13.2 Å². The Labute approximate surface area is 194 Å². The highest BCUT2D eigenvalue weighted by molar-refractivity contribution is 5.95. The molecule has 0 unspecified atom stereocenters. The number of halogens is 3. The average molecular weight is 467 g/mol. The van der Waals surface area contributed by atoms with Gasteiger partial charge in [-0.1, -0.05) is 18.7 Å². The maximum atomic E-state index is 15.0. The first-order valence-electron chi connectivity index (χ1n) is 11.2. The molecular weight excluding hydrogens is 441 g/mol. The molecule has 1 saturated heterocycles. The Bertz CT molecular complexity index is 1300. The lowest BCUT2D eigenvalue weighted by Gasteiger charge is -2.22. The van der Waals surface area contributed by atoms with Crippen LogP contribution >= 0.6 is 0 Å². The molecule has 0 saturated carbocycles. The average Bonchev–Trinajstić information content (AvgIpc) is 3.47. The number of benzene rings is 2. The molecule has 5 rings (SSSR count). The third-order valence-corrected chi connectivity index (χ3v) is 6.17. The first kappa shape index (κ1) is 22.2. The molecule has 0 amide bonds. The summed E-state index contributed by atoms with van der Waals surface area (Å²) >= 11 is 0. The first-order valence-corrected chi connectivity index (χ1v) is 11.2. The monoisotopic (exact) mass is 466 g/mol. The van der Waals surface area contributed by atoms with Crippen LogP contribution in [0.5, 0.6) is 0 Å². The number of aromatic amines is 1. The number of alkyl halides is 2. The van der Waals surface area contributed by atoms with Crippen LogP contribution in [0, 0.1) is 5.82 Å². The molecule has 4 aromatic rings. The zero-order valence-corrected chi connectivity index (χ0v) is 18.5. The predicted octanol–water partition coefficient (Wildman–Crippen LogP) is 5.38. The molecule has 6 nitrogen and oxygen atoms in total. The Hall–Kier alpha value is -3.59. The molecule has 2 aromatic heterocycles.